The number of amides is 1. The molecule has 0 aliphatic rings. The van der Waals surface area contributed by atoms with Gasteiger partial charge in [0.1, 0.15) is 5.82 Å². The molecule has 4 rings (SSSR count). The zero-order valence-corrected chi connectivity index (χ0v) is 20.2. The fourth-order valence-electron chi connectivity index (χ4n) is 3.53. The van der Waals surface area contributed by atoms with Crippen molar-refractivity contribution in [2.24, 2.45) is 0 Å². The zero-order valence-electron chi connectivity index (χ0n) is 18.6. The molecule has 3 aromatic carbocycles. The highest BCUT2D eigenvalue weighted by Crippen LogP contribution is 2.24. The highest BCUT2D eigenvalue weighted by atomic mass is 35.5. The van der Waals surface area contributed by atoms with E-state index in [4.69, 9.17) is 11.6 Å². The third-order valence-corrected chi connectivity index (χ3v) is 7.53. The molecule has 0 saturated heterocycles. The monoisotopic (exact) mass is 494 g/mol. The number of aromatic nitrogens is 2. The molecule has 1 amide bonds. The molecule has 7 nitrogen and oxygen atoms in total. The van der Waals surface area contributed by atoms with Gasteiger partial charge in [0.25, 0.3) is 15.9 Å². The lowest BCUT2D eigenvalue weighted by Gasteiger charge is -2.20. The Morgan fingerprint density at radius 1 is 1.03 bits per heavy atom. The van der Waals surface area contributed by atoms with Crippen molar-refractivity contribution >= 4 is 33.2 Å². The average molecular weight is 495 g/mol. The predicted octanol–water partition coefficient (Wildman–Crippen LogP) is 4.59. The van der Waals surface area contributed by atoms with Crippen LogP contribution in [-0.4, -0.2) is 30.9 Å². The van der Waals surface area contributed by atoms with E-state index in [-0.39, 0.29) is 10.8 Å². The molecule has 34 heavy (non-hydrogen) atoms. The fourth-order valence-corrected chi connectivity index (χ4v) is 4.85. The number of anilines is 1. The summed E-state index contributed by atoms with van der Waals surface area (Å²) in [5.41, 5.74) is 2.76. The van der Waals surface area contributed by atoms with Gasteiger partial charge in [0.2, 0.25) is 0 Å². The predicted molar refractivity (Wildman–Crippen MR) is 133 cm³/mol. The lowest BCUT2D eigenvalue weighted by Crippen LogP contribution is -2.27. The van der Waals surface area contributed by atoms with Gasteiger partial charge < -0.3 is 9.88 Å². The molecule has 0 fully saturated rings. The van der Waals surface area contributed by atoms with Gasteiger partial charge in [-0.2, -0.15) is 0 Å². The number of sulfonamides is 1. The number of hydrogen-bond acceptors (Lipinski definition) is 4. The molecule has 9 heteroatoms. The molecule has 0 aliphatic heterocycles. The number of halogens is 1. The Kier molecular flexibility index (Phi) is 6.72. The molecule has 1 heterocycles. The van der Waals surface area contributed by atoms with Gasteiger partial charge in [0.05, 0.1) is 16.3 Å². The van der Waals surface area contributed by atoms with Crippen molar-refractivity contribution in [2.75, 3.05) is 11.4 Å². The van der Waals surface area contributed by atoms with Crippen LogP contribution < -0.4 is 9.62 Å². The zero-order chi connectivity index (χ0) is 24.3. The van der Waals surface area contributed by atoms with E-state index in [9.17, 15) is 13.2 Å². The number of carbonyl (C=O) groups is 1. The van der Waals surface area contributed by atoms with Gasteiger partial charge >= 0.3 is 0 Å². The number of para-hydroxylation sites is 1. The number of benzene rings is 3. The summed E-state index contributed by atoms with van der Waals surface area (Å²) in [6, 6.07) is 20.2. The van der Waals surface area contributed by atoms with Crippen molar-refractivity contribution in [1.29, 1.82) is 0 Å². The van der Waals surface area contributed by atoms with E-state index in [1.165, 1.54) is 35.6 Å². The van der Waals surface area contributed by atoms with E-state index in [1.807, 2.05) is 42.0 Å². The van der Waals surface area contributed by atoms with Crippen molar-refractivity contribution < 1.29 is 13.2 Å². The van der Waals surface area contributed by atoms with E-state index >= 15 is 0 Å². The Morgan fingerprint density at radius 2 is 1.71 bits per heavy atom. The number of rotatable bonds is 7. The average Bonchev–Trinajstić information content (AvgIpc) is 3.28. The second kappa shape index (κ2) is 9.70. The van der Waals surface area contributed by atoms with E-state index < -0.39 is 10.0 Å². The van der Waals surface area contributed by atoms with Crippen LogP contribution in [0.15, 0.2) is 90.1 Å². The van der Waals surface area contributed by atoms with Crippen LogP contribution in [0.25, 0.3) is 5.69 Å². The van der Waals surface area contributed by atoms with Crippen molar-refractivity contribution in [3.8, 4) is 5.69 Å². The van der Waals surface area contributed by atoms with Gasteiger partial charge in [-0.05, 0) is 67.1 Å². The minimum Gasteiger partial charge on any atom is -0.348 e. The van der Waals surface area contributed by atoms with E-state index in [2.05, 4.69) is 10.3 Å². The first-order chi connectivity index (χ1) is 16.3. The second-order valence-electron chi connectivity index (χ2n) is 7.63. The van der Waals surface area contributed by atoms with Crippen LogP contribution >= 0.6 is 11.6 Å². The van der Waals surface area contributed by atoms with Crippen LogP contribution in [0.4, 0.5) is 5.69 Å². The Hall–Kier alpha value is -3.62. The van der Waals surface area contributed by atoms with Gasteiger partial charge in [0, 0.05) is 36.6 Å². The summed E-state index contributed by atoms with van der Waals surface area (Å²) < 4.78 is 28.9. The van der Waals surface area contributed by atoms with Crippen LogP contribution in [-0.2, 0) is 16.6 Å². The molecule has 0 radical (unpaired) electrons. The quantitative estimate of drug-likeness (QED) is 0.407. The molecule has 174 valence electrons. The SMILES string of the molecule is Cc1nccn1-c1ccccc1CNC(=O)c1ccc(N(C)S(=O)(=O)c2ccc(Cl)cc2)cc1. The molecule has 0 aliphatic carbocycles. The van der Waals surface area contributed by atoms with Crippen LogP contribution in [0.1, 0.15) is 21.7 Å². The van der Waals surface area contributed by atoms with Crippen molar-refractivity contribution in [1.82, 2.24) is 14.9 Å². The minimum atomic E-state index is -3.75. The topological polar surface area (TPSA) is 84.3 Å². The summed E-state index contributed by atoms with van der Waals surface area (Å²) >= 11 is 5.86. The smallest absolute Gasteiger partial charge is 0.264 e. The lowest BCUT2D eigenvalue weighted by molar-refractivity contribution is 0.0951. The number of hydrogen-bond donors (Lipinski definition) is 1. The summed E-state index contributed by atoms with van der Waals surface area (Å²) in [6.07, 6.45) is 3.61. The van der Waals surface area contributed by atoms with Gasteiger partial charge in [0.15, 0.2) is 0 Å². The van der Waals surface area contributed by atoms with Crippen molar-refractivity contribution in [3.63, 3.8) is 0 Å². The Morgan fingerprint density at radius 3 is 2.35 bits per heavy atom. The molecule has 4 aromatic rings. The molecular formula is C25H23ClN4O3S. The lowest BCUT2D eigenvalue weighted by atomic mass is 10.1. The van der Waals surface area contributed by atoms with E-state index in [0.29, 0.717) is 22.8 Å². The van der Waals surface area contributed by atoms with Gasteiger partial charge in [-0.25, -0.2) is 13.4 Å². The second-order valence-corrected chi connectivity index (χ2v) is 10.0. The Balaban J connectivity index is 1.46. The molecule has 0 saturated carbocycles. The number of nitrogens with one attached hydrogen (secondary N) is 1. The maximum atomic E-state index is 12.9. The minimum absolute atomic E-state index is 0.132. The van der Waals surface area contributed by atoms with Crippen LogP contribution in [0.5, 0.6) is 0 Å². The molecule has 1 aromatic heterocycles. The molecule has 0 atom stereocenters. The van der Waals surface area contributed by atoms with Gasteiger partial charge in [-0.15, -0.1) is 0 Å². The first-order valence-corrected chi connectivity index (χ1v) is 12.3. The van der Waals surface area contributed by atoms with E-state index in [0.717, 1.165) is 17.1 Å². The highest BCUT2D eigenvalue weighted by Gasteiger charge is 2.21. The van der Waals surface area contributed by atoms with Crippen LogP contribution in [0.2, 0.25) is 5.02 Å². The molecule has 0 bridgehead atoms. The van der Waals surface area contributed by atoms with Crippen molar-refractivity contribution in [3.05, 3.63) is 107 Å². The van der Waals surface area contributed by atoms with Gasteiger partial charge in [-0.1, -0.05) is 29.8 Å². The molecule has 0 unspecified atom stereocenters. The summed E-state index contributed by atoms with van der Waals surface area (Å²) in [7, 11) is -2.28. The third-order valence-electron chi connectivity index (χ3n) is 5.48. The maximum absolute atomic E-state index is 12.9. The summed E-state index contributed by atoms with van der Waals surface area (Å²) in [5, 5.41) is 3.39. The Labute approximate surface area is 203 Å². The number of nitrogens with zero attached hydrogens (tertiary/aromatic N) is 3. The normalized spacial score (nSPS) is 11.3. The number of carbonyl (C=O) groups excluding carboxylic acids is 1. The highest BCUT2D eigenvalue weighted by molar-refractivity contribution is 7.92. The van der Waals surface area contributed by atoms with E-state index in [1.54, 1.807) is 30.5 Å². The van der Waals surface area contributed by atoms with Crippen LogP contribution in [0, 0.1) is 6.92 Å². The fraction of sp³-hybridized carbons (Fsp3) is 0.120. The first kappa shape index (κ1) is 23.5. The van der Waals surface area contributed by atoms with Crippen LogP contribution in [0.3, 0.4) is 0 Å². The molecule has 1 N–H and O–H groups in total. The largest absolute Gasteiger partial charge is 0.348 e. The standard InChI is InChI=1S/C25H23ClN4O3S/c1-18-27-15-16-30(18)24-6-4-3-5-20(24)17-28-25(31)19-7-11-22(12-8-19)29(2)34(32,33)23-13-9-21(26)10-14-23/h3-16H,17H2,1-2H3,(H,28,31). The molecule has 0 spiro atoms. The third kappa shape index (κ3) is 4.83. The van der Waals surface area contributed by atoms with Gasteiger partial charge in [-0.3, -0.25) is 9.10 Å². The Bertz CT molecular complexity index is 1420. The summed E-state index contributed by atoms with van der Waals surface area (Å²) in [6.45, 7) is 2.25. The maximum Gasteiger partial charge on any atom is 0.264 e. The van der Waals surface area contributed by atoms with Crippen molar-refractivity contribution in [2.45, 2.75) is 18.4 Å². The number of imidazole rings is 1. The first-order valence-electron chi connectivity index (χ1n) is 10.5. The summed E-state index contributed by atoms with van der Waals surface area (Å²) in [5.74, 6) is 0.596. The number of aryl methyl sites for hydroxylation is 1. The molecular weight excluding hydrogens is 472 g/mol. The summed E-state index contributed by atoms with van der Waals surface area (Å²) in [4.78, 5) is 17.1.